The number of amides is 1. The van der Waals surface area contributed by atoms with Gasteiger partial charge < -0.3 is 19.2 Å². The van der Waals surface area contributed by atoms with Crippen molar-refractivity contribution in [3.05, 3.63) is 77.2 Å². The van der Waals surface area contributed by atoms with E-state index in [0.29, 0.717) is 27.8 Å². The molecule has 0 unspecified atom stereocenters. The van der Waals surface area contributed by atoms with Gasteiger partial charge >= 0.3 is 0 Å². The molecule has 0 aliphatic rings. The fourth-order valence-corrected chi connectivity index (χ4v) is 2.46. The van der Waals surface area contributed by atoms with Crippen LogP contribution in [0.15, 0.2) is 65.3 Å². The molecule has 6 heteroatoms. The molecule has 1 aromatic heterocycles. The Hall–Kier alpha value is -2.92. The lowest BCUT2D eigenvalue weighted by Crippen LogP contribution is -2.14. The number of nitrogens with one attached hydrogen (secondary N) is 1. The Morgan fingerprint density at radius 2 is 1.96 bits per heavy atom. The van der Waals surface area contributed by atoms with E-state index < -0.39 is 5.91 Å². The van der Waals surface area contributed by atoms with Crippen molar-refractivity contribution in [1.82, 2.24) is 0 Å². The molecule has 0 aliphatic carbocycles. The van der Waals surface area contributed by atoms with Crippen molar-refractivity contribution >= 4 is 23.2 Å². The number of hydrogen-bond acceptors (Lipinski definition) is 4. The molecule has 0 saturated carbocycles. The van der Waals surface area contributed by atoms with E-state index in [0.717, 1.165) is 0 Å². The quantitative estimate of drug-likeness (QED) is 0.690. The summed E-state index contributed by atoms with van der Waals surface area (Å²) in [5, 5.41) is 3.23. The molecule has 0 fully saturated rings. The van der Waals surface area contributed by atoms with Crippen molar-refractivity contribution in [2.45, 2.75) is 6.61 Å². The van der Waals surface area contributed by atoms with Crippen LogP contribution >= 0.6 is 11.6 Å². The summed E-state index contributed by atoms with van der Waals surface area (Å²) >= 11 is 5.98. The lowest BCUT2D eigenvalue weighted by atomic mass is 10.2. The zero-order chi connectivity index (χ0) is 17.6. The Morgan fingerprint density at radius 3 is 2.72 bits per heavy atom. The number of anilines is 1. The van der Waals surface area contributed by atoms with Gasteiger partial charge in [-0.1, -0.05) is 29.8 Å². The molecule has 0 radical (unpaired) electrons. The maximum atomic E-state index is 12.5. The number of carbonyl (C=O) groups excluding carboxylic acids is 1. The van der Waals surface area contributed by atoms with Gasteiger partial charge in [0.25, 0.3) is 5.91 Å². The number of para-hydroxylation sites is 1. The molecule has 3 rings (SSSR count). The van der Waals surface area contributed by atoms with Gasteiger partial charge in [-0.15, -0.1) is 0 Å². The highest BCUT2D eigenvalue weighted by molar-refractivity contribution is 6.31. The Bertz CT molecular complexity index is 861. The lowest BCUT2D eigenvalue weighted by Gasteiger charge is -2.10. The molecule has 1 heterocycles. The first-order chi connectivity index (χ1) is 12.2. The normalized spacial score (nSPS) is 10.3. The summed E-state index contributed by atoms with van der Waals surface area (Å²) in [6.45, 7) is 0.218. The zero-order valence-corrected chi connectivity index (χ0v) is 14.2. The van der Waals surface area contributed by atoms with E-state index in [9.17, 15) is 4.79 Å². The van der Waals surface area contributed by atoms with Gasteiger partial charge in [0.2, 0.25) is 0 Å². The van der Waals surface area contributed by atoms with Crippen molar-refractivity contribution < 1.29 is 18.7 Å². The van der Waals surface area contributed by atoms with Gasteiger partial charge in [0.05, 0.1) is 19.1 Å². The van der Waals surface area contributed by atoms with Crippen LogP contribution in [0.5, 0.6) is 11.5 Å². The molecule has 25 heavy (non-hydrogen) atoms. The highest BCUT2D eigenvalue weighted by Gasteiger charge is 2.18. The van der Waals surface area contributed by atoms with Gasteiger partial charge in [-0.2, -0.15) is 0 Å². The van der Waals surface area contributed by atoms with Crippen LogP contribution in [0.25, 0.3) is 0 Å². The molecule has 3 aromatic rings. The van der Waals surface area contributed by atoms with E-state index in [2.05, 4.69) is 5.32 Å². The topological polar surface area (TPSA) is 60.7 Å². The van der Waals surface area contributed by atoms with Gasteiger partial charge in [-0.3, -0.25) is 4.79 Å². The summed E-state index contributed by atoms with van der Waals surface area (Å²) in [4.78, 5) is 12.5. The van der Waals surface area contributed by atoms with E-state index in [1.54, 1.807) is 24.3 Å². The number of methoxy groups -OCH3 is 1. The summed E-state index contributed by atoms with van der Waals surface area (Å²) in [6.07, 6.45) is 1.45. The van der Waals surface area contributed by atoms with E-state index in [4.69, 9.17) is 25.5 Å². The summed E-state index contributed by atoms with van der Waals surface area (Å²) in [5.74, 6) is 0.994. The summed E-state index contributed by atoms with van der Waals surface area (Å²) in [5.41, 5.74) is 1.11. The predicted molar refractivity (Wildman–Crippen MR) is 95.4 cm³/mol. The number of carbonyl (C=O) groups is 1. The first-order valence-corrected chi connectivity index (χ1v) is 7.94. The van der Waals surface area contributed by atoms with Crippen LogP contribution in [-0.4, -0.2) is 13.0 Å². The van der Waals surface area contributed by atoms with Crippen LogP contribution in [0.3, 0.4) is 0 Å². The van der Waals surface area contributed by atoms with Gasteiger partial charge in [-0.05, 0) is 36.4 Å². The molecule has 0 aliphatic heterocycles. The minimum Gasteiger partial charge on any atom is -0.495 e. The predicted octanol–water partition coefficient (Wildman–Crippen LogP) is 4.77. The number of rotatable bonds is 6. The number of furan rings is 1. The SMILES string of the molecule is COc1ccc(Cl)cc1NC(=O)c1occc1COc1ccccc1. The van der Waals surface area contributed by atoms with Gasteiger partial charge in [0.1, 0.15) is 18.1 Å². The number of benzene rings is 2. The fraction of sp³-hybridized carbons (Fsp3) is 0.105. The van der Waals surface area contributed by atoms with Gasteiger partial charge in [-0.25, -0.2) is 0 Å². The Kier molecular flexibility index (Phi) is 5.26. The second kappa shape index (κ2) is 7.77. The molecular formula is C19H16ClNO4. The summed E-state index contributed by atoms with van der Waals surface area (Å²) in [6, 6.07) is 16.0. The number of hydrogen-bond donors (Lipinski definition) is 1. The minimum absolute atomic E-state index is 0.179. The van der Waals surface area contributed by atoms with E-state index in [1.165, 1.54) is 13.4 Å². The molecule has 0 saturated heterocycles. The van der Waals surface area contributed by atoms with Crippen LogP contribution in [-0.2, 0) is 6.61 Å². The second-order valence-corrected chi connectivity index (χ2v) is 5.61. The van der Waals surface area contributed by atoms with Crippen molar-refractivity contribution in [2.24, 2.45) is 0 Å². The Balaban J connectivity index is 1.73. The van der Waals surface area contributed by atoms with Crippen molar-refractivity contribution in [1.29, 1.82) is 0 Å². The maximum absolute atomic E-state index is 12.5. The molecule has 2 aromatic carbocycles. The number of halogens is 1. The summed E-state index contributed by atoms with van der Waals surface area (Å²) in [7, 11) is 1.52. The molecule has 0 spiro atoms. The molecule has 0 atom stereocenters. The monoisotopic (exact) mass is 357 g/mol. The standard InChI is InChI=1S/C19H16ClNO4/c1-23-17-8-7-14(20)11-16(17)21-19(22)18-13(9-10-24-18)12-25-15-5-3-2-4-6-15/h2-11H,12H2,1H3,(H,21,22). The van der Waals surface area contributed by atoms with Crippen LogP contribution in [0.2, 0.25) is 5.02 Å². The highest BCUT2D eigenvalue weighted by atomic mass is 35.5. The molecule has 1 amide bonds. The maximum Gasteiger partial charge on any atom is 0.291 e. The van der Waals surface area contributed by atoms with Crippen LogP contribution < -0.4 is 14.8 Å². The smallest absolute Gasteiger partial charge is 0.291 e. The van der Waals surface area contributed by atoms with Crippen molar-refractivity contribution in [2.75, 3.05) is 12.4 Å². The minimum atomic E-state index is -0.405. The van der Waals surface area contributed by atoms with E-state index >= 15 is 0 Å². The highest BCUT2D eigenvalue weighted by Crippen LogP contribution is 2.28. The summed E-state index contributed by atoms with van der Waals surface area (Å²) < 4.78 is 16.2. The molecular weight excluding hydrogens is 342 g/mol. The average Bonchev–Trinajstić information content (AvgIpc) is 3.10. The largest absolute Gasteiger partial charge is 0.495 e. The third-order valence-electron chi connectivity index (χ3n) is 3.50. The van der Waals surface area contributed by atoms with Crippen molar-refractivity contribution in [3.63, 3.8) is 0 Å². The van der Waals surface area contributed by atoms with Crippen LogP contribution in [0, 0.1) is 0 Å². The lowest BCUT2D eigenvalue weighted by molar-refractivity contribution is 0.0993. The third kappa shape index (κ3) is 4.14. The molecule has 1 N–H and O–H groups in total. The Labute approximate surface area is 150 Å². The fourth-order valence-electron chi connectivity index (χ4n) is 2.28. The van der Waals surface area contributed by atoms with E-state index in [-0.39, 0.29) is 12.4 Å². The molecule has 0 bridgehead atoms. The second-order valence-electron chi connectivity index (χ2n) is 5.18. The molecule has 128 valence electrons. The first-order valence-electron chi connectivity index (χ1n) is 7.56. The third-order valence-corrected chi connectivity index (χ3v) is 3.74. The van der Waals surface area contributed by atoms with Crippen LogP contribution in [0.4, 0.5) is 5.69 Å². The van der Waals surface area contributed by atoms with Crippen molar-refractivity contribution in [3.8, 4) is 11.5 Å². The first kappa shape index (κ1) is 16.9. The molecule has 5 nitrogen and oxygen atoms in total. The van der Waals surface area contributed by atoms with Gasteiger partial charge in [0.15, 0.2) is 5.76 Å². The number of ether oxygens (including phenoxy) is 2. The van der Waals surface area contributed by atoms with Gasteiger partial charge in [0, 0.05) is 10.6 Å². The van der Waals surface area contributed by atoms with E-state index in [1.807, 2.05) is 30.3 Å². The Morgan fingerprint density at radius 1 is 1.16 bits per heavy atom. The zero-order valence-electron chi connectivity index (χ0n) is 13.5. The average molecular weight is 358 g/mol. The van der Waals surface area contributed by atoms with Crippen LogP contribution in [0.1, 0.15) is 16.1 Å².